The molecule has 21 heavy (non-hydrogen) atoms. The standard InChI is InChI=1S/C14H30N2O4S/c1-3-5-6-7-8-9-10-11-16(13-14(17)15-18)21(19,20)12-4-2/h18H,3-13H2,1-2H3,(H,15,17). The maximum Gasteiger partial charge on any atom is 0.258 e. The third kappa shape index (κ3) is 9.82. The van der Waals surface area contributed by atoms with Crippen LogP contribution in [0.5, 0.6) is 0 Å². The van der Waals surface area contributed by atoms with E-state index in [1.807, 2.05) is 0 Å². The Kier molecular flexibility index (Phi) is 11.6. The first kappa shape index (κ1) is 20.3. The summed E-state index contributed by atoms with van der Waals surface area (Å²) in [4.78, 5) is 11.2. The SMILES string of the molecule is CCCCCCCCCN(CC(=O)NO)S(=O)(=O)CCC. The van der Waals surface area contributed by atoms with Crippen molar-refractivity contribution in [3.63, 3.8) is 0 Å². The lowest BCUT2D eigenvalue weighted by molar-refractivity contribution is -0.129. The zero-order chi connectivity index (χ0) is 16.1. The number of nitrogens with zero attached hydrogens (tertiary/aromatic N) is 1. The van der Waals surface area contributed by atoms with Crippen molar-refractivity contribution < 1.29 is 18.4 Å². The van der Waals surface area contributed by atoms with Gasteiger partial charge in [0.15, 0.2) is 0 Å². The minimum atomic E-state index is -3.42. The summed E-state index contributed by atoms with van der Waals surface area (Å²) in [6, 6.07) is 0. The first-order chi connectivity index (χ1) is 9.97. The highest BCUT2D eigenvalue weighted by Gasteiger charge is 2.23. The Hall–Kier alpha value is -0.660. The van der Waals surface area contributed by atoms with Gasteiger partial charge in [0.2, 0.25) is 10.0 Å². The minimum Gasteiger partial charge on any atom is -0.289 e. The fourth-order valence-corrected chi connectivity index (χ4v) is 3.64. The molecule has 0 aromatic carbocycles. The third-order valence-corrected chi connectivity index (χ3v) is 5.33. The van der Waals surface area contributed by atoms with E-state index < -0.39 is 15.9 Å². The number of hydrogen-bond acceptors (Lipinski definition) is 4. The van der Waals surface area contributed by atoms with Gasteiger partial charge >= 0.3 is 0 Å². The second-order valence-corrected chi connectivity index (χ2v) is 7.39. The van der Waals surface area contributed by atoms with Crippen molar-refractivity contribution in [3.05, 3.63) is 0 Å². The predicted molar refractivity (Wildman–Crippen MR) is 83.6 cm³/mol. The average Bonchev–Trinajstić information content (AvgIpc) is 2.44. The van der Waals surface area contributed by atoms with E-state index in [2.05, 4.69) is 6.92 Å². The first-order valence-electron chi connectivity index (χ1n) is 7.88. The zero-order valence-corrected chi connectivity index (χ0v) is 14.1. The van der Waals surface area contributed by atoms with Crippen LogP contribution in [0.3, 0.4) is 0 Å². The van der Waals surface area contributed by atoms with Crippen molar-refractivity contribution in [2.24, 2.45) is 0 Å². The highest BCUT2D eigenvalue weighted by molar-refractivity contribution is 7.89. The van der Waals surface area contributed by atoms with Crippen LogP contribution in [0.25, 0.3) is 0 Å². The third-order valence-electron chi connectivity index (χ3n) is 3.31. The quantitative estimate of drug-likeness (QED) is 0.309. The highest BCUT2D eigenvalue weighted by Crippen LogP contribution is 2.10. The Morgan fingerprint density at radius 2 is 1.57 bits per heavy atom. The molecule has 0 aromatic heterocycles. The zero-order valence-electron chi connectivity index (χ0n) is 13.3. The summed E-state index contributed by atoms with van der Waals surface area (Å²) in [7, 11) is -3.42. The van der Waals surface area contributed by atoms with E-state index in [9.17, 15) is 13.2 Å². The lowest BCUT2D eigenvalue weighted by atomic mass is 10.1. The fraction of sp³-hybridized carbons (Fsp3) is 0.929. The molecule has 7 heteroatoms. The van der Waals surface area contributed by atoms with Gasteiger partial charge in [0.05, 0.1) is 12.3 Å². The molecule has 126 valence electrons. The molecular formula is C14H30N2O4S. The Labute approximate surface area is 128 Å². The molecule has 0 fully saturated rings. The van der Waals surface area contributed by atoms with Crippen LogP contribution < -0.4 is 5.48 Å². The number of carbonyl (C=O) groups excluding carboxylic acids is 1. The fourth-order valence-electron chi connectivity index (χ4n) is 2.14. The van der Waals surface area contributed by atoms with Gasteiger partial charge in [-0.2, -0.15) is 4.31 Å². The van der Waals surface area contributed by atoms with Crippen LogP contribution in [0.15, 0.2) is 0 Å². The molecule has 0 rings (SSSR count). The summed E-state index contributed by atoms with van der Waals surface area (Å²) in [6.45, 7) is 3.98. The Bertz CT molecular complexity index is 371. The molecule has 6 nitrogen and oxygen atoms in total. The maximum atomic E-state index is 12.1. The van der Waals surface area contributed by atoms with Crippen LogP contribution in [-0.4, -0.2) is 42.7 Å². The molecular weight excluding hydrogens is 292 g/mol. The molecule has 0 atom stereocenters. The van der Waals surface area contributed by atoms with Crippen LogP contribution in [0.1, 0.15) is 65.2 Å². The van der Waals surface area contributed by atoms with E-state index in [0.29, 0.717) is 13.0 Å². The van der Waals surface area contributed by atoms with E-state index in [-0.39, 0.29) is 12.3 Å². The number of amides is 1. The molecule has 0 aliphatic rings. The number of hydrogen-bond donors (Lipinski definition) is 2. The number of hydroxylamine groups is 1. The first-order valence-corrected chi connectivity index (χ1v) is 9.49. The Morgan fingerprint density at radius 1 is 1.00 bits per heavy atom. The highest BCUT2D eigenvalue weighted by atomic mass is 32.2. The van der Waals surface area contributed by atoms with E-state index in [1.54, 1.807) is 6.92 Å². The summed E-state index contributed by atoms with van der Waals surface area (Å²) in [6.07, 6.45) is 8.15. The summed E-state index contributed by atoms with van der Waals surface area (Å²) >= 11 is 0. The number of nitrogens with one attached hydrogen (secondary N) is 1. The Morgan fingerprint density at radius 3 is 2.10 bits per heavy atom. The molecule has 0 aromatic rings. The molecule has 0 heterocycles. The lowest BCUT2D eigenvalue weighted by Gasteiger charge is -2.20. The van der Waals surface area contributed by atoms with Crippen LogP contribution in [0, 0.1) is 0 Å². The van der Waals surface area contributed by atoms with Gasteiger partial charge in [-0.15, -0.1) is 0 Å². The number of unbranched alkanes of at least 4 members (excludes halogenated alkanes) is 6. The van der Waals surface area contributed by atoms with E-state index in [1.165, 1.54) is 35.5 Å². The van der Waals surface area contributed by atoms with Crippen LogP contribution in [-0.2, 0) is 14.8 Å². The molecule has 1 amide bonds. The number of carbonyl (C=O) groups is 1. The van der Waals surface area contributed by atoms with Gasteiger partial charge in [-0.1, -0.05) is 52.4 Å². The minimum absolute atomic E-state index is 0.0300. The van der Waals surface area contributed by atoms with Gasteiger partial charge in [0, 0.05) is 6.54 Å². The van der Waals surface area contributed by atoms with Crippen LogP contribution in [0.4, 0.5) is 0 Å². The summed E-state index contributed by atoms with van der Waals surface area (Å²) < 4.78 is 25.3. The topological polar surface area (TPSA) is 86.7 Å². The molecule has 0 unspecified atom stereocenters. The molecule has 0 saturated heterocycles. The average molecular weight is 322 g/mol. The lowest BCUT2D eigenvalue weighted by Crippen LogP contribution is -2.41. The molecule has 0 bridgehead atoms. The van der Waals surface area contributed by atoms with Gasteiger partial charge in [0.1, 0.15) is 0 Å². The van der Waals surface area contributed by atoms with Crippen molar-refractivity contribution in [1.29, 1.82) is 0 Å². The summed E-state index contributed by atoms with van der Waals surface area (Å²) in [5, 5.41) is 8.55. The van der Waals surface area contributed by atoms with E-state index in [4.69, 9.17) is 5.21 Å². The predicted octanol–water partition coefficient (Wildman–Crippen LogP) is 2.28. The molecule has 0 saturated carbocycles. The van der Waals surface area contributed by atoms with Gasteiger partial charge < -0.3 is 0 Å². The second-order valence-electron chi connectivity index (χ2n) is 5.31. The van der Waals surface area contributed by atoms with Gasteiger partial charge in [-0.25, -0.2) is 13.9 Å². The molecule has 0 aliphatic carbocycles. The van der Waals surface area contributed by atoms with Crippen LogP contribution in [0.2, 0.25) is 0 Å². The van der Waals surface area contributed by atoms with Crippen molar-refractivity contribution in [2.45, 2.75) is 65.2 Å². The van der Waals surface area contributed by atoms with Crippen molar-refractivity contribution in [2.75, 3.05) is 18.8 Å². The maximum absolute atomic E-state index is 12.1. The largest absolute Gasteiger partial charge is 0.289 e. The Balaban J connectivity index is 4.20. The molecule has 0 radical (unpaired) electrons. The van der Waals surface area contributed by atoms with Crippen molar-refractivity contribution in [1.82, 2.24) is 9.79 Å². The molecule has 2 N–H and O–H groups in total. The van der Waals surface area contributed by atoms with Gasteiger partial charge in [-0.05, 0) is 12.8 Å². The van der Waals surface area contributed by atoms with Crippen molar-refractivity contribution >= 4 is 15.9 Å². The normalized spacial score (nSPS) is 11.8. The monoisotopic (exact) mass is 322 g/mol. The van der Waals surface area contributed by atoms with Crippen molar-refractivity contribution in [3.8, 4) is 0 Å². The summed E-state index contributed by atoms with van der Waals surface area (Å²) in [5.41, 5.74) is 1.49. The second kappa shape index (κ2) is 11.9. The van der Waals surface area contributed by atoms with Crippen LogP contribution >= 0.6 is 0 Å². The number of rotatable bonds is 13. The molecule has 0 spiro atoms. The van der Waals surface area contributed by atoms with Gasteiger partial charge in [0.25, 0.3) is 5.91 Å². The molecule has 0 aliphatic heterocycles. The van der Waals surface area contributed by atoms with Gasteiger partial charge in [-0.3, -0.25) is 10.0 Å². The number of sulfonamides is 1. The van der Waals surface area contributed by atoms with E-state index >= 15 is 0 Å². The smallest absolute Gasteiger partial charge is 0.258 e. The summed E-state index contributed by atoms with van der Waals surface area (Å²) in [5.74, 6) is -0.667. The van der Waals surface area contributed by atoms with E-state index in [0.717, 1.165) is 19.3 Å².